The average molecular weight is 291 g/mol. The van der Waals surface area contributed by atoms with Gasteiger partial charge in [-0.15, -0.1) is 0 Å². The Morgan fingerprint density at radius 1 is 1.48 bits per heavy atom. The molecule has 0 heterocycles. The summed E-state index contributed by atoms with van der Waals surface area (Å²) >= 11 is 0. The fraction of sp³-hybridized carbons (Fsp3) is 0.467. The molecule has 1 fully saturated rings. The molecule has 21 heavy (non-hydrogen) atoms. The van der Waals surface area contributed by atoms with Gasteiger partial charge in [0.25, 0.3) is 5.91 Å². The minimum atomic E-state index is -0.171. The lowest BCUT2D eigenvalue weighted by atomic mass is 9.64. The molecule has 0 aliphatic heterocycles. The highest BCUT2D eigenvalue weighted by atomic mass is 16.5. The summed E-state index contributed by atoms with van der Waals surface area (Å²) in [4.78, 5) is 12.3. The number of hydrogen-bond donors (Lipinski definition) is 3. The van der Waals surface area contributed by atoms with Gasteiger partial charge in [0, 0.05) is 29.7 Å². The normalized spacial score (nSPS) is 24.2. The molecule has 1 aliphatic rings. The minimum Gasteiger partial charge on any atom is -0.409 e. The van der Waals surface area contributed by atoms with E-state index in [9.17, 15) is 4.79 Å². The van der Waals surface area contributed by atoms with E-state index in [0.29, 0.717) is 11.1 Å². The van der Waals surface area contributed by atoms with E-state index in [2.05, 4.69) is 24.3 Å². The molecular formula is C15H21N3O3. The number of amides is 1. The number of ether oxygens (including phenoxy) is 1. The highest BCUT2D eigenvalue weighted by Crippen LogP contribution is 2.42. The highest BCUT2D eigenvalue weighted by Gasteiger charge is 2.49. The van der Waals surface area contributed by atoms with E-state index < -0.39 is 0 Å². The van der Waals surface area contributed by atoms with E-state index >= 15 is 0 Å². The number of nitrogens with two attached hydrogens (primary N) is 1. The summed E-state index contributed by atoms with van der Waals surface area (Å²) in [7, 11) is 1.69. The molecule has 6 heteroatoms. The summed E-state index contributed by atoms with van der Waals surface area (Å²) in [5.41, 5.74) is 6.43. The van der Waals surface area contributed by atoms with Crippen LogP contribution in [0.4, 0.5) is 0 Å². The first-order chi connectivity index (χ1) is 9.90. The Morgan fingerprint density at radius 3 is 2.71 bits per heavy atom. The standard InChI is InChI=1S/C15H21N3O3/c1-15(2)11(8-12(15)21-3)17-14(19)10-6-4-5-9(7-10)13(16)18-20/h4-7,11-12,20H,8H2,1-3H3,(H2,16,18)(H,17,19). The maximum absolute atomic E-state index is 12.3. The number of nitrogens with zero attached hydrogens (tertiary/aromatic N) is 1. The van der Waals surface area contributed by atoms with Gasteiger partial charge in [-0.05, 0) is 18.6 Å². The molecule has 4 N–H and O–H groups in total. The lowest BCUT2D eigenvalue weighted by Gasteiger charge is -2.51. The molecule has 1 aliphatic carbocycles. The van der Waals surface area contributed by atoms with Crippen LogP contribution in [0.5, 0.6) is 0 Å². The highest BCUT2D eigenvalue weighted by molar-refractivity contribution is 6.01. The Balaban J connectivity index is 2.08. The second-order valence-corrected chi connectivity index (χ2v) is 5.87. The Hall–Kier alpha value is -2.08. The van der Waals surface area contributed by atoms with Gasteiger partial charge in [-0.1, -0.05) is 31.1 Å². The fourth-order valence-corrected chi connectivity index (χ4v) is 2.65. The van der Waals surface area contributed by atoms with Crippen molar-refractivity contribution >= 4 is 11.7 Å². The third kappa shape index (κ3) is 2.85. The Labute approximate surface area is 124 Å². The quantitative estimate of drug-likeness (QED) is 0.337. The SMILES string of the molecule is COC1CC(NC(=O)c2cccc(/C(N)=N/O)c2)C1(C)C. The van der Waals surface area contributed by atoms with Gasteiger partial charge in [0.05, 0.1) is 6.10 Å². The van der Waals surface area contributed by atoms with Crippen LogP contribution in [0.3, 0.4) is 0 Å². The smallest absolute Gasteiger partial charge is 0.251 e. The molecule has 0 saturated heterocycles. The van der Waals surface area contributed by atoms with Crippen molar-refractivity contribution in [3.63, 3.8) is 0 Å². The predicted octanol–water partition coefficient (Wildman–Crippen LogP) is 1.32. The number of nitrogens with one attached hydrogen (secondary N) is 1. The third-order valence-electron chi connectivity index (χ3n) is 4.30. The van der Waals surface area contributed by atoms with Gasteiger partial charge in [0.2, 0.25) is 0 Å². The van der Waals surface area contributed by atoms with E-state index in [1.54, 1.807) is 31.4 Å². The van der Waals surface area contributed by atoms with Crippen molar-refractivity contribution in [3.8, 4) is 0 Å². The molecular weight excluding hydrogens is 270 g/mol. The number of amidine groups is 1. The molecule has 1 amide bonds. The number of carbonyl (C=O) groups is 1. The number of carbonyl (C=O) groups excluding carboxylic acids is 1. The number of methoxy groups -OCH3 is 1. The first kappa shape index (κ1) is 15.3. The van der Waals surface area contributed by atoms with Crippen molar-refractivity contribution in [3.05, 3.63) is 35.4 Å². The fourth-order valence-electron chi connectivity index (χ4n) is 2.65. The monoisotopic (exact) mass is 291 g/mol. The van der Waals surface area contributed by atoms with Crippen molar-refractivity contribution in [2.45, 2.75) is 32.4 Å². The van der Waals surface area contributed by atoms with Gasteiger partial charge in [-0.2, -0.15) is 0 Å². The van der Waals surface area contributed by atoms with Crippen LogP contribution in [0.1, 0.15) is 36.2 Å². The van der Waals surface area contributed by atoms with Crippen molar-refractivity contribution in [1.29, 1.82) is 0 Å². The lowest BCUT2D eigenvalue weighted by molar-refractivity contribution is -0.0942. The van der Waals surface area contributed by atoms with Gasteiger partial charge in [-0.25, -0.2) is 0 Å². The minimum absolute atomic E-state index is 0.0203. The molecule has 0 bridgehead atoms. The van der Waals surface area contributed by atoms with E-state index in [4.69, 9.17) is 15.7 Å². The topological polar surface area (TPSA) is 96.9 Å². The molecule has 2 rings (SSSR count). The number of hydrogen-bond acceptors (Lipinski definition) is 4. The number of benzene rings is 1. The largest absolute Gasteiger partial charge is 0.409 e. The molecule has 1 aromatic carbocycles. The van der Waals surface area contributed by atoms with Gasteiger partial charge in [0.15, 0.2) is 5.84 Å². The third-order valence-corrected chi connectivity index (χ3v) is 4.30. The number of oxime groups is 1. The molecule has 1 aromatic rings. The van der Waals surface area contributed by atoms with Crippen molar-refractivity contribution in [1.82, 2.24) is 5.32 Å². The Bertz CT molecular complexity index is 569. The molecule has 2 unspecified atom stereocenters. The second kappa shape index (κ2) is 5.73. The molecule has 114 valence electrons. The van der Waals surface area contributed by atoms with Crippen LogP contribution >= 0.6 is 0 Å². The maximum atomic E-state index is 12.3. The van der Waals surface area contributed by atoms with Crippen LogP contribution < -0.4 is 11.1 Å². The van der Waals surface area contributed by atoms with Crippen LogP contribution in [-0.4, -0.2) is 36.2 Å². The molecule has 1 saturated carbocycles. The van der Waals surface area contributed by atoms with Crippen LogP contribution in [0, 0.1) is 5.41 Å². The Morgan fingerprint density at radius 2 is 2.14 bits per heavy atom. The molecule has 0 radical (unpaired) electrons. The van der Waals surface area contributed by atoms with E-state index in [-0.39, 0.29) is 29.3 Å². The Kier molecular flexibility index (Phi) is 4.18. The lowest BCUT2D eigenvalue weighted by Crippen LogP contribution is -2.61. The van der Waals surface area contributed by atoms with Crippen LogP contribution in [0.15, 0.2) is 29.4 Å². The van der Waals surface area contributed by atoms with Gasteiger partial charge < -0.3 is 21.0 Å². The van der Waals surface area contributed by atoms with Crippen LogP contribution in [0.2, 0.25) is 0 Å². The molecule has 6 nitrogen and oxygen atoms in total. The summed E-state index contributed by atoms with van der Waals surface area (Å²) in [6.45, 7) is 4.14. The van der Waals surface area contributed by atoms with Crippen LogP contribution in [-0.2, 0) is 4.74 Å². The zero-order valence-electron chi connectivity index (χ0n) is 12.5. The first-order valence-corrected chi connectivity index (χ1v) is 6.81. The molecule has 0 spiro atoms. The summed E-state index contributed by atoms with van der Waals surface area (Å²) in [5, 5.41) is 14.6. The van der Waals surface area contributed by atoms with Gasteiger partial charge in [0.1, 0.15) is 0 Å². The molecule has 0 aromatic heterocycles. The van der Waals surface area contributed by atoms with Gasteiger partial charge >= 0.3 is 0 Å². The van der Waals surface area contributed by atoms with Crippen molar-refractivity contribution in [2.24, 2.45) is 16.3 Å². The number of rotatable bonds is 4. The van der Waals surface area contributed by atoms with E-state index in [0.717, 1.165) is 6.42 Å². The average Bonchev–Trinajstić information content (AvgIpc) is 2.49. The summed E-state index contributed by atoms with van der Waals surface area (Å²) in [6.07, 6.45) is 0.959. The summed E-state index contributed by atoms with van der Waals surface area (Å²) in [5.74, 6) is -0.191. The maximum Gasteiger partial charge on any atom is 0.251 e. The van der Waals surface area contributed by atoms with Crippen LogP contribution in [0.25, 0.3) is 0 Å². The van der Waals surface area contributed by atoms with E-state index in [1.807, 2.05) is 0 Å². The van der Waals surface area contributed by atoms with Gasteiger partial charge in [-0.3, -0.25) is 4.79 Å². The van der Waals surface area contributed by atoms with Crippen molar-refractivity contribution in [2.75, 3.05) is 7.11 Å². The van der Waals surface area contributed by atoms with Crippen molar-refractivity contribution < 1.29 is 14.7 Å². The summed E-state index contributed by atoms with van der Waals surface area (Å²) in [6, 6.07) is 6.75. The predicted molar refractivity (Wildman–Crippen MR) is 79.4 cm³/mol. The summed E-state index contributed by atoms with van der Waals surface area (Å²) < 4.78 is 5.37. The second-order valence-electron chi connectivity index (χ2n) is 5.87. The van der Waals surface area contributed by atoms with E-state index in [1.165, 1.54) is 0 Å². The molecule has 2 atom stereocenters. The first-order valence-electron chi connectivity index (χ1n) is 6.81. The zero-order valence-corrected chi connectivity index (χ0v) is 12.5. The zero-order chi connectivity index (χ0) is 15.6.